The molecule has 0 bridgehead atoms. The van der Waals surface area contributed by atoms with E-state index in [1.807, 2.05) is 48.7 Å². The van der Waals surface area contributed by atoms with Gasteiger partial charge in [-0.2, -0.15) is 0 Å². The van der Waals surface area contributed by atoms with Crippen LogP contribution in [0.5, 0.6) is 0 Å². The van der Waals surface area contributed by atoms with Crippen molar-refractivity contribution < 1.29 is 14.6 Å². The van der Waals surface area contributed by atoms with Gasteiger partial charge in [-0.25, -0.2) is 0 Å². The van der Waals surface area contributed by atoms with Crippen LogP contribution in [0.1, 0.15) is 34.6 Å². The highest BCUT2D eigenvalue weighted by Gasteiger charge is 2.36. The zero-order valence-corrected chi connectivity index (χ0v) is 15.3. The fraction of sp³-hybridized carbons (Fsp3) is 0.421. The van der Waals surface area contributed by atoms with Crippen molar-refractivity contribution in [3.8, 4) is 5.69 Å². The molecule has 1 aromatic heterocycles. The van der Waals surface area contributed by atoms with Crippen LogP contribution in [0.15, 0.2) is 30.3 Å². The molecule has 0 aliphatic carbocycles. The van der Waals surface area contributed by atoms with Crippen molar-refractivity contribution in [2.45, 2.75) is 32.2 Å². The molecule has 2 aromatic rings. The summed E-state index contributed by atoms with van der Waals surface area (Å²) in [5.41, 5.74) is 2.89. The van der Waals surface area contributed by atoms with Gasteiger partial charge in [0.2, 0.25) is 0 Å². The van der Waals surface area contributed by atoms with Gasteiger partial charge in [-0.1, -0.05) is 17.7 Å². The van der Waals surface area contributed by atoms with Gasteiger partial charge < -0.3 is 19.7 Å². The summed E-state index contributed by atoms with van der Waals surface area (Å²) in [4.78, 5) is 12.9. The lowest BCUT2D eigenvalue weighted by atomic mass is 9.94. The summed E-state index contributed by atoms with van der Waals surface area (Å²) in [6.07, 6.45) is 1.21. The molecular formula is C19H23ClN2O3. The third-order valence-corrected chi connectivity index (χ3v) is 5.05. The van der Waals surface area contributed by atoms with Crippen molar-refractivity contribution in [2.24, 2.45) is 0 Å². The largest absolute Gasteiger partial charge is 0.396 e. The van der Waals surface area contributed by atoms with Crippen LogP contribution in [0.2, 0.25) is 5.02 Å². The summed E-state index contributed by atoms with van der Waals surface area (Å²) >= 11 is 6.11. The number of carbonyl (C=O) groups excluding carboxylic acids is 1. The molecule has 1 aliphatic heterocycles. The Morgan fingerprint density at radius 1 is 1.40 bits per heavy atom. The van der Waals surface area contributed by atoms with Crippen LogP contribution < -0.4 is 5.32 Å². The Hall–Kier alpha value is -1.82. The van der Waals surface area contributed by atoms with Crippen LogP contribution in [0, 0.1) is 13.8 Å². The van der Waals surface area contributed by atoms with Crippen molar-refractivity contribution in [1.82, 2.24) is 9.88 Å². The van der Waals surface area contributed by atoms with Gasteiger partial charge in [-0.15, -0.1) is 0 Å². The summed E-state index contributed by atoms with van der Waals surface area (Å²) < 4.78 is 7.46. The molecule has 0 spiro atoms. The van der Waals surface area contributed by atoms with Crippen LogP contribution in [-0.2, 0) is 4.74 Å². The van der Waals surface area contributed by atoms with E-state index in [1.54, 1.807) is 0 Å². The number of halogens is 1. The number of benzene rings is 1. The normalized spacial score (nSPS) is 20.0. The van der Waals surface area contributed by atoms with Gasteiger partial charge >= 0.3 is 0 Å². The van der Waals surface area contributed by atoms with Gasteiger partial charge in [0, 0.05) is 35.3 Å². The van der Waals surface area contributed by atoms with Crippen LogP contribution in [0.4, 0.5) is 0 Å². The van der Waals surface area contributed by atoms with E-state index in [1.165, 1.54) is 0 Å². The number of rotatable bonds is 5. The Kier molecular flexibility index (Phi) is 5.18. The van der Waals surface area contributed by atoms with E-state index in [0.717, 1.165) is 17.1 Å². The van der Waals surface area contributed by atoms with Crippen LogP contribution in [0.25, 0.3) is 5.69 Å². The average Bonchev–Trinajstić information content (AvgIpc) is 3.12. The lowest BCUT2D eigenvalue weighted by molar-refractivity contribution is 0.0850. The molecule has 1 fully saturated rings. The maximum atomic E-state index is 12.9. The van der Waals surface area contributed by atoms with Gasteiger partial charge in [0.25, 0.3) is 5.91 Å². The maximum absolute atomic E-state index is 12.9. The molecule has 0 saturated carbocycles. The number of hydrogen-bond acceptors (Lipinski definition) is 3. The Balaban J connectivity index is 1.90. The lowest BCUT2D eigenvalue weighted by Gasteiger charge is -2.28. The number of aliphatic hydroxyl groups excluding tert-OH is 1. The first-order chi connectivity index (χ1) is 12.0. The first kappa shape index (κ1) is 18.0. The molecule has 1 amide bonds. The molecule has 6 heteroatoms. The van der Waals surface area contributed by atoms with E-state index in [9.17, 15) is 9.90 Å². The fourth-order valence-electron chi connectivity index (χ4n) is 3.49. The van der Waals surface area contributed by atoms with E-state index in [0.29, 0.717) is 36.6 Å². The molecule has 25 heavy (non-hydrogen) atoms. The standard InChI is InChI=1S/C19H23ClN2O3/c1-13-10-17(14(2)22(13)16-5-3-4-15(20)11-16)18(24)21-19(6-8-23)7-9-25-12-19/h3-5,10-11,23H,6-9,12H2,1-2H3,(H,21,24). The number of aryl methyl sites for hydroxylation is 1. The Morgan fingerprint density at radius 3 is 2.84 bits per heavy atom. The number of aliphatic hydroxyl groups is 1. The summed E-state index contributed by atoms with van der Waals surface area (Å²) in [6.45, 7) is 4.94. The number of nitrogens with one attached hydrogen (secondary N) is 1. The molecule has 1 atom stereocenters. The molecule has 1 saturated heterocycles. The molecule has 2 heterocycles. The summed E-state index contributed by atoms with van der Waals surface area (Å²) in [7, 11) is 0. The van der Waals surface area contributed by atoms with Crippen molar-refractivity contribution >= 4 is 17.5 Å². The highest BCUT2D eigenvalue weighted by Crippen LogP contribution is 2.26. The van der Waals surface area contributed by atoms with Crippen molar-refractivity contribution in [1.29, 1.82) is 0 Å². The van der Waals surface area contributed by atoms with E-state index in [2.05, 4.69) is 5.32 Å². The van der Waals surface area contributed by atoms with E-state index in [4.69, 9.17) is 16.3 Å². The second-order valence-corrected chi connectivity index (χ2v) is 7.05. The third kappa shape index (κ3) is 3.59. The number of aromatic nitrogens is 1. The zero-order valence-electron chi connectivity index (χ0n) is 14.5. The van der Waals surface area contributed by atoms with E-state index >= 15 is 0 Å². The van der Waals surface area contributed by atoms with Crippen LogP contribution in [-0.4, -0.2) is 40.9 Å². The second kappa shape index (κ2) is 7.20. The van der Waals surface area contributed by atoms with E-state index < -0.39 is 5.54 Å². The minimum absolute atomic E-state index is 0.0190. The van der Waals surface area contributed by atoms with Crippen LogP contribution in [0.3, 0.4) is 0 Å². The summed E-state index contributed by atoms with van der Waals surface area (Å²) in [5.74, 6) is -0.139. The highest BCUT2D eigenvalue weighted by molar-refractivity contribution is 6.30. The summed E-state index contributed by atoms with van der Waals surface area (Å²) in [6, 6.07) is 9.44. The van der Waals surface area contributed by atoms with Gasteiger partial charge in [0.1, 0.15) is 0 Å². The molecule has 1 unspecified atom stereocenters. The monoisotopic (exact) mass is 362 g/mol. The number of amides is 1. The molecule has 1 aromatic carbocycles. The Labute approximate surface area is 152 Å². The molecule has 5 nitrogen and oxygen atoms in total. The lowest BCUT2D eigenvalue weighted by Crippen LogP contribution is -2.49. The Bertz CT molecular complexity index is 779. The molecule has 2 N–H and O–H groups in total. The van der Waals surface area contributed by atoms with Crippen molar-refractivity contribution in [2.75, 3.05) is 19.8 Å². The number of hydrogen-bond donors (Lipinski definition) is 2. The predicted octanol–water partition coefficient (Wildman–Crippen LogP) is 3.02. The minimum Gasteiger partial charge on any atom is -0.396 e. The molecule has 134 valence electrons. The predicted molar refractivity (Wildman–Crippen MR) is 97.6 cm³/mol. The second-order valence-electron chi connectivity index (χ2n) is 6.61. The van der Waals surface area contributed by atoms with Gasteiger partial charge in [0.05, 0.1) is 17.7 Å². The minimum atomic E-state index is -0.482. The first-order valence-corrected chi connectivity index (χ1v) is 8.79. The van der Waals surface area contributed by atoms with Crippen molar-refractivity contribution in [3.05, 3.63) is 52.3 Å². The Morgan fingerprint density at radius 2 is 2.20 bits per heavy atom. The SMILES string of the molecule is Cc1cc(C(=O)NC2(CCO)CCOC2)c(C)n1-c1cccc(Cl)c1. The van der Waals surface area contributed by atoms with E-state index in [-0.39, 0.29) is 12.5 Å². The summed E-state index contributed by atoms with van der Waals surface area (Å²) in [5, 5.41) is 13.1. The maximum Gasteiger partial charge on any atom is 0.253 e. The quantitative estimate of drug-likeness (QED) is 0.859. The highest BCUT2D eigenvalue weighted by atomic mass is 35.5. The molecule has 1 aliphatic rings. The molecule has 0 radical (unpaired) electrons. The number of ether oxygens (including phenoxy) is 1. The molecular weight excluding hydrogens is 340 g/mol. The topological polar surface area (TPSA) is 63.5 Å². The number of carbonyl (C=O) groups is 1. The van der Waals surface area contributed by atoms with Gasteiger partial charge in [-0.05, 0) is 51.0 Å². The van der Waals surface area contributed by atoms with Gasteiger partial charge in [-0.3, -0.25) is 4.79 Å². The smallest absolute Gasteiger partial charge is 0.253 e. The molecule has 3 rings (SSSR count). The zero-order chi connectivity index (χ0) is 18.0. The average molecular weight is 363 g/mol. The third-order valence-electron chi connectivity index (χ3n) is 4.81. The fourth-order valence-corrected chi connectivity index (χ4v) is 3.68. The number of nitrogens with zero attached hydrogens (tertiary/aromatic N) is 1. The van der Waals surface area contributed by atoms with Gasteiger partial charge in [0.15, 0.2) is 0 Å². The van der Waals surface area contributed by atoms with Crippen molar-refractivity contribution in [3.63, 3.8) is 0 Å². The first-order valence-electron chi connectivity index (χ1n) is 8.42. The van der Waals surface area contributed by atoms with Crippen LogP contribution >= 0.6 is 11.6 Å².